The average Bonchev–Trinajstić information content (AvgIpc) is 2.52. The first-order valence-electron chi connectivity index (χ1n) is 5.69. The van der Waals surface area contributed by atoms with Crippen LogP contribution >= 0.6 is 15.9 Å². The fourth-order valence-corrected chi connectivity index (χ4v) is 9.28. The van der Waals surface area contributed by atoms with Crippen LogP contribution in [0, 0.1) is 0 Å². The van der Waals surface area contributed by atoms with Crippen LogP contribution < -0.4 is 15.0 Å². The summed E-state index contributed by atoms with van der Waals surface area (Å²) in [6.07, 6.45) is 0. The van der Waals surface area contributed by atoms with E-state index in [1.807, 2.05) is 30.3 Å². The molecular formula is C11H18O6P2Si. The van der Waals surface area contributed by atoms with Crippen molar-refractivity contribution in [1.29, 1.82) is 0 Å². The van der Waals surface area contributed by atoms with Crippen LogP contribution in [-0.2, 0) is 18.1 Å². The summed E-state index contributed by atoms with van der Waals surface area (Å²) in [5, 5.41) is -0.136. The summed E-state index contributed by atoms with van der Waals surface area (Å²) in [4.78, 5) is 25.3. The molecule has 0 bridgehead atoms. The fraction of sp³-hybridized carbons (Fsp3) is 0.455. The minimum atomic E-state index is -3.61. The van der Waals surface area contributed by atoms with Gasteiger partial charge < -0.3 is 9.79 Å². The molecule has 112 valence electrons. The smallest absolute Gasteiger partial charge is 0.277 e. The van der Waals surface area contributed by atoms with Crippen LogP contribution in [0.3, 0.4) is 0 Å². The molecule has 0 unspecified atom stereocenters. The molecule has 9 heteroatoms. The molecular weight excluding hydrogens is 318 g/mol. The van der Waals surface area contributed by atoms with E-state index in [4.69, 9.17) is 18.1 Å². The number of hydrogen-bond acceptors (Lipinski definition) is 6. The van der Waals surface area contributed by atoms with Gasteiger partial charge in [0, 0.05) is 0 Å². The Balaban J connectivity index is 3.14. The highest BCUT2D eigenvalue weighted by molar-refractivity contribution is 7.80. The minimum absolute atomic E-state index is 0.101. The molecule has 2 radical (unpaired) electrons. The van der Waals surface area contributed by atoms with Crippen LogP contribution in [-0.4, -0.2) is 43.0 Å². The second-order valence-corrected chi connectivity index (χ2v) is 11.2. The fourth-order valence-electron chi connectivity index (χ4n) is 1.56. The maximum atomic E-state index is 12.6. The third kappa shape index (κ3) is 4.04. The van der Waals surface area contributed by atoms with Crippen molar-refractivity contribution in [2.24, 2.45) is 0 Å². The van der Waals surface area contributed by atoms with Crippen LogP contribution in [0.25, 0.3) is 0 Å². The molecule has 1 rings (SSSR count). The van der Waals surface area contributed by atoms with Gasteiger partial charge in [-0.3, -0.25) is 0 Å². The Morgan fingerprint density at radius 2 is 1.25 bits per heavy atom. The molecule has 0 heterocycles. The van der Waals surface area contributed by atoms with E-state index in [-0.39, 0.29) is 9.52 Å². The molecule has 0 saturated heterocycles. The zero-order valence-electron chi connectivity index (χ0n) is 11.8. The number of benzene rings is 1. The van der Waals surface area contributed by atoms with Gasteiger partial charge in [-0.15, -0.1) is 0 Å². The standard InChI is InChI=1S/C11H18O6P2Si/c1-14-18(12,15-2)11(19(13,16-3)17-4)20-10-8-6-5-7-9-10/h5-9,11H,1-4H3. The molecule has 0 aromatic heterocycles. The van der Waals surface area contributed by atoms with Gasteiger partial charge in [-0.2, -0.15) is 0 Å². The van der Waals surface area contributed by atoms with Crippen molar-refractivity contribution in [3.8, 4) is 0 Å². The summed E-state index contributed by atoms with van der Waals surface area (Å²) in [5.41, 5.74) is 0. The van der Waals surface area contributed by atoms with E-state index in [1.54, 1.807) is 0 Å². The molecule has 0 aliphatic rings. The van der Waals surface area contributed by atoms with Crippen LogP contribution in [0.1, 0.15) is 0 Å². The maximum Gasteiger partial charge on any atom is 0.277 e. The van der Waals surface area contributed by atoms with Crippen molar-refractivity contribution in [3.05, 3.63) is 30.3 Å². The van der Waals surface area contributed by atoms with E-state index in [1.165, 1.54) is 28.4 Å². The summed E-state index contributed by atoms with van der Waals surface area (Å²) < 4.78 is 19.9. The van der Waals surface area contributed by atoms with Crippen LogP contribution in [0.15, 0.2) is 30.3 Å². The van der Waals surface area contributed by atoms with Gasteiger partial charge in [0.2, 0.25) is 14.5 Å². The molecule has 1 aromatic carbocycles. The molecule has 20 heavy (non-hydrogen) atoms. The van der Waals surface area contributed by atoms with Crippen LogP contribution in [0.4, 0.5) is 0 Å². The molecule has 0 saturated carbocycles. The molecule has 0 atom stereocenters. The molecule has 0 aliphatic carbocycles. The highest BCUT2D eigenvalue weighted by atomic mass is 31.3. The lowest BCUT2D eigenvalue weighted by Gasteiger charge is -2.38. The quantitative estimate of drug-likeness (QED) is 0.496. The second-order valence-electron chi connectivity index (χ2n) is 3.69. The Bertz CT molecular complexity index is 381. The van der Waals surface area contributed by atoms with E-state index >= 15 is 0 Å². The second kappa shape index (κ2) is 7.89. The molecule has 0 aliphatic heterocycles. The monoisotopic (exact) mass is 336 g/mol. The van der Waals surface area contributed by atoms with Gasteiger partial charge in [-0.1, -0.05) is 35.5 Å². The van der Waals surface area contributed by atoms with Crippen LogP contribution in [0.2, 0.25) is 0 Å². The molecule has 0 amide bonds. The van der Waals surface area contributed by atoms with Crippen LogP contribution in [0.5, 0.6) is 0 Å². The Kier molecular flexibility index (Phi) is 7.15. The third-order valence-corrected chi connectivity index (χ3v) is 11.2. The Labute approximate surface area is 123 Å². The molecule has 6 nitrogen and oxygen atoms in total. The molecule has 0 fully saturated rings. The first-order valence-corrected chi connectivity index (χ1v) is 10.00. The van der Waals surface area contributed by atoms with Gasteiger partial charge in [-0.25, -0.2) is 18.1 Å². The van der Waals surface area contributed by atoms with E-state index in [0.717, 1.165) is 5.19 Å². The van der Waals surface area contributed by atoms with Crippen molar-refractivity contribution < 1.29 is 27.9 Å². The zero-order valence-corrected chi connectivity index (χ0v) is 14.6. The van der Waals surface area contributed by atoms with Crippen molar-refractivity contribution in [1.82, 2.24) is 0 Å². The van der Waals surface area contributed by atoms with E-state index in [9.17, 15) is 9.79 Å². The van der Waals surface area contributed by atoms with Gasteiger partial charge >= 0.3 is 0 Å². The van der Waals surface area contributed by atoms with E-state index < -0.39 is 20.9 Å². The van der Waals surface area contributed by atoms with Crippen molar-refractivity contribution >= 4 is 30.6 Å². The molecule has 0 N–H and O–H groups in total. The number of hydrogen-bond donors (Lipinski definition) is 0. The lowest BCUT2D eigenvalue weighted by Crippen LogP contribution is -2.42. The Morgan fingerprint density at radius 1 is 0.850 bits per heavy atom. The lowest BCUT2D eigenvalue weighted by atomic mass is 10.4. The largest absolute Gasteiger partial charge is 0.629 e. The van der Waals surface area contributed by atoms with Crippen molar-refractivity contribution in [2.45, 2.75) is 5.02 Å². The van der Waals surface area contributed by atoms with Gasteiger partial charge in [0.25, 0.3) is 15.9 Å². The average molecular weight is 336 g/mol. The normalized spacial score (nSPS) is 12.9. The number of rotatable bonds is 8. The zero-order chi connectivity index (χ0) is 15.2. The molecule has 1 aromatic rings. The van der Waals surface area contributed by atoms with Crippen molar-refractivity contribution in [2.75, 3.05) is 28.4 Å². The summed E-state index contributed by atoms with van der Waals surface area (Å²) >= 11 is 0. The maximum absolute atomic E-state index is 12.6. The Morgan fingerprint density at radius 3 is 1.60 bits per heavy atom. The first kappa shape index (κ1) is 18.1. The summed E-state index contributed by atoms with van der Waals surface area (Å²) in [6, 6.07) is 9.23. The summed E-state index contributed by atoms with van der Waals surface area (Å²) in [7, 11) is -2.32. The first-order chi connectivity index (χ1) is 9.45. The van der Waals surface area contributed by atoms with E-state index in [2.05, 4.69) is 0 Å². The minimum Gasteiger partial charge on any atom is -0.629 e. The van der Waals surface area contributed by atoms with Gasteiger partial charge in [-0.05, 0) is 0 Å². The summed E-state index contributed by atoms with van der Waals surface area (Å²) in [5.74, 6) is 0. The predicted molar refractivity (Wildman–Crippen MR) is 77.5 cm³/mol. The lowest BCUT2D eigenvalue weighted by molar-refractivity contribution is -0.226. The van der Waals surface area contributed by atoms with Crippen molar-refractivity contribution in [3.63, 3.8) is 0 Å². The topological polar surface area (TPSA) is 83.0 Å². The van der Waals surface area contributed by atoms with Gasteiger partial charge in [0.15, 0.2) is 0 Å². The van der Waals surface area contributed by atoms with E-state index in [0.29, 0.717) is 0 Å². The van der Waals surface area contributed by atoms with Gasteiger partial charge in [0.05, 0.1) is 28.4 Å². The summed E-state index contributed by atoms with van der Waals surface area (Å²) in [6.45, 7) is 0. The van der Waals surface area contributed by atoms with Gasteiger partial charge in [0.1, 0.15) is 0 Å². The predicted octanol–water partition coefficient (Wildman–Crippen LogP) is 0.131. The highest BCUT2D eigenvalue weighted by Crippen LogP contribution is 2.72. The third-order valence-electron chi connectivity index (χ3n) is 2.69. The highest BCUT2D eigenvalue weighted by Gasteiger charge is 2.57. The molecule has 0 spiro atoms. The SMILES string of the molecule is CO[P+]([O-])(OC)C([Si]c1ccccc1)[P+]([O-])(OC)OC. The Hall–Kier alpha value is 0.0569.